The van der Waals surface area contributed by atoms with Gasteiger partial charge in [0.1, 0.15) is 16.8 Å². The highest BCUT2D eigenvalue weighted by molar-refractivity contribution is 5.86. The Morgan fingerprint density at radius 1 is 0.861 bits per heavy atom. The predicted octanol–water partition coefficient (Wildman–Crippen LogP) is 3.74. The first-order valence-corrected chi connectivity index (χ1v) is 11.8. The fourth-order valence-electron chi connectivity index (χ4n) is 4.29. The highest BCUT2D eigenvalue weighted by Crippen LogP contribution is 2.26. The number of nitriles is 2. The third-order valence-electron chi connectivity index (χ3n) is 6.20. The summed E-state index contributed by atoms with van der Waals surface area (Å²) in [6.45, 7) is 1.67. The fourth-order valence-corrected chi connectivity index (χ4v) is 4.29. The van der Waals surface area contributed by atoms with E-state index in [-0.39, 0.29) is 6.61 Å². The van der Waals surface area contributed by atoms with Crippen LogP contribution < -0.4 is 19.1 Å². The van der Waals surface area contributed by atoms with Gasteiger partial charge in [-0.1, -0.05) is 0 Å². The highest BCUT2D eigenvalue weighted by atomic mass is 16.5. The first-order chi connectivity index (χ1) is 17.6. The number of aliphatic hydroxyl groups excluding tert-OH is 1. The van der Waals surface area contributed by atoms with Crippen molar-refractivity contribution in [1.82, 2.24) is 4.98 Å². The molecule has 0 saturated carbocycles. The van der Waals surface area contributed by atoms with Crippen LogP contribution in [-0.2, 0) is 0 Å². The lowest BCUT2D eigenvalue weighted by Crippen LogP contribution is -2.34. The van der Waals surface area contributed by atoms with Crippen LogP contribution >= 0.6 is 0 Å². The largest absolute Gasteiger partial charge is 0.497 e. The molecule has 1 heterocycles. The quantitative estimate of drug-likeness (QED) is 0.272. The minimum atomic E-state index is 0.0631. The third-order valence-corrected chi connectivity index (χ3v) is 6.20. The zero-order valence-electron chi connectivity index (χ0n) is 20.6. The molecule has 0 unspecified atom stereocenters. The first kappa shape index (κ1) is 24.7. The molecular formula is C28H29N6O2+. The molecule has 0 aliphatic heterocycles. The van der Waals surface area contributed by atoms with Gasteiger partial charge in [-0.25, -0.2) is 4.98 Å². The van der Waals surface area contributed by atoms with E-state index in [4.69, 9.17) is 20.2 Å². The van der Waals surface area contributed by atoms with Crippen molar-refractivity contribution in [2.24, 2.45) is 0 Å². The van der Waals surface area contributed by atoms with E-state index >= 15 is 0 Å². The van der Waals surface area contributed by atoms with Gasteiger partial charge >= 0.3 is 0 Å². The topological polar surface area (TPSA) is 100 Å². The van der Waals surface area contributed by atoms with Crippen LogP contribution in [0.2, 0.25) is 0 Å². The number of benzene rings is 3. The van der Waals surface area contributed by atoms with Gasteiger partial charge in [0.05, 0.1) is 38.7 Å². The highest BCUT2D eigenvalue weighted by Gasteiger charge is 2.22. The van der Waals surface area contributed by atoms with Gasteiger partial charge in [0.25, 0.3) is 0 Å². The van der Waals surface area contributed by atoms with Crippen molar-refractivity contribution in [2.75, 3.05) is 50.2 Å². The molecule has 1 aromatic heterocycles. The molecule has 4 rings (SSSR count). The number of ether oxygens (including phenoxy) is 1. The van der Waals surface area contributed by atoms with Crippen LogP contribution in [0.4, 0.5) is 11.4 Å². The second-order valence-corrected chi connectivity index (χ2v) is 8.44. The fraction of sp³-hybridized carbons (Fsp3) is 0.286. The predicted molar refractivity (Wildman–Crippen MR) is 140 cm³/mol. The second kappa shape index (κ2) is 11.4. The Bertz CT molecular complexity index is 1420. The number of hydrogen-bond acceptors (Lipinski definition) is 7. The van der Waals surface area contributed by atoms with Gasteiger partial charge in [0.2, 0.25) is 16.7 Å². The molecule has 0 bridgehead atoms. The molecule has 0 radical (unpaired) electrons. The number of methoxy groups -OCH3 is 1. The number of likely N-dealkylation sites (N-methyl/N-ethyl adjacent to an activating group) is 1. The Morgan fingerprint density at radius 2 is 1.44 bits per heavy atom. The van der Waals surface area contributed by atoms with E-state index in [1.807, 2.05) is 60.5 Å². The molecule has 182 valence electrons. The van der Waals surface area contributed by atoms with Crippen LogP contribution in [-0.4, -0.2) is 50.5 Å². The monoisotopic (exact) mass is 481 g/mol. The lowest BCUT2D eigenvalue weighted by molar-refractivity contribution is -0.538. The van der Waals surface area contributed by atoms with Crippen LogP contribution in [0, 0.1) is 22.7 Å². The SMILES string of the molecule is COc1ccc(-[n+]2c3cc(N(C)CCO)ccc3nc3ccc(N(CCC#N)CCC#N)cc32)cc1. The second-order valence-electron chi connectivity index (χ2n) is 8.44. The van der Waals surface area contributed by atoms with Gasteiger partial charge < -0.3 is 19.6 Å². The Kier molecular flexibility index (Phi) is 7.79. The number of aromatic nitrogens is 2. The Balaban J connectivity index is 1.97. The van der Waals surface area contributed by atoms with Gasteiger partial charge in [0, 0.05) is 62.3 Å². The Hall–Kier alpha value is -4.40. The molecule has 0 atom stereocenters. The Morgan fingerprint density at radius 3 is 2.00 bits per heavy atom. The van der Waals surface area contributed by atoms with Crippen molar-refractivity contribution in [1.29, 1.82) is 10.5 Å². The van der Waals surface area contributed by atoms with Gasteiger partial charge in [-0.05, 0) is 36.4 Å². The van der Waals surface area contributed by atoms with E-state index in [0.29, 0.717) is 32.5 Å². The van der Waals surface area contributed by atoms with Gasteiger partial charge in [0.15, 0.2) is 0 Å². The number of anilines is 2. The smallest absolute Gasteiger partial charge is 0.239 e. The van der Waals surface area contributed by atoms with Crippen molar-refractivity contribution in [3.63, 3.8) is 0 Å². The van der Waals surface area contributed by atoms with Crippen molar-refractivity contribution in [3.05, 3.63) is 60.7 Å². The van der Waals surface area contributed by atoms with Crippen molar-refractivity contribution in [2.45, 2.75) is 12.8 Å². The van der Waals surface area contributed by atoms with Crippen LogP contribution in [0.5, 0.6) is 5.75 Å². The maximum Gasteiger partial charge on any atom is 0.239 e. The van der Waals surface area contributed by atoms with Crippen LogP contribution in [0.3, 0.4) is 0 Å². The van der Waals surface area contributed by atoms with E-state index in [0.717, 1.165) is 44.9 Å². The molecule has 1 N–H and O–H groups in total. The summed E-state index contributed by atoms with van der Waals surface area (Å²) in [7, 11) is 3.59. The maximum atomic E-state index is 9.42. The lowest BCUT2D eigenvalue weighted by atomic mass is 10.1. The molecule has 0 fully saturated rings. The van der Waals surface area contributed by atoms with Crippen LogP contribution in [0.25, 0.3) is 27.8 Å². The summed E-state index contributed by atoms with van der Waals surface area (Å²) < 4.78 is 7.54. The number of rotatable bonds is 10. The van der Waals surface area contributed by atoms with Gasteiger partial charge in [-0.2, -0.15) is 10.5 Å². The molecule has 0 aliphatic carbocycles. The van der Waals surface area contributed by atoms with Gasteiger partial charge in [-0.15, -0.1) is 4.57 Å². The molecule has 0 saturated heterocycles. The number of nitrogens with zero attached hydrogens (tertiary/aromatic N) is 6. The summed E-state index contributed by atoms with van der Waals surface area (Å²) in [5, 5.41) is 27.7. The van der Waals surface area contributed by atoms with E-state index in [1.54, 1.807) is 7.11 Å². The number of fused-ring (bicyclic) bond motifs is 2. The summed E-state index contributed by atoms with van der Waals surface area (Å²) >= 11 is 0. The standard InChI is InChI=1S/C28H29N6O2/c1-32(17-18-35)22-7-11-25-27(19-22)34(21-5-9-24(36-2)10-6-21)28-20-23(8-12-26(28)31-25)33(15-3-13-29)16-4-14-30/h5-12,19-20,35H,3-4,15-18H2,1-2H3/q+1. The summed E-state index contributed by atoms with van der Waals surface area (Å²) in [5.74, 6) is 0.769. The summed E-state index contributed by atoms with van der Waals surface area (Å²) in [6, 6.07) is 24.4. The molecule has 8 heteroatoms. The molecule has 4 aromatic rings. The minimum Gasteiger partial charge on any atom is -0.497 e. The van der Waals surface area contributed by atoms with Crippen molar-refractivity contribution in [3.8, 4) is 23.6 Å². The lowest BCUT2D eigenvalue weighted by Gasteiger charge is -2.22. The van der Waals surface area contributed by atoms with E-state index in [2.05, 4.69) is 33.7 Å². The van der Waals surface area contributed by atoms with E-state index in [1.165, 1.54) is 0 Å². The zero-order valence-corrected chi connectivity index (χ0v) is 20.6. The molecule has 3 aromatic carbocycles. The first-order valence-electron chi connectivity index (χ1n) is 11.8. The van der Waals surface area contributed by atoms with Gasteiger partial charge in [-0.3, -0.25) is 0 Å². The number of aliphatic hydroxyl groups is 1. The number of hydrogen-bond donors (Lipinski definition) is 1. The third kappa shape index (κ3) is 5.14. The average Bonchev–Trinajstić information content (AvgIpc) is 2.91. The van der Waals surface area contributed by atoms with E-state index in [9.17, 15) is 5.11 Å². The van der Waals surface area contributed by atoms with E-state index < -0.39 is 0 Å². The molecular weight excluding hydrogens is 452 g/mol. The molecule has 0 spiro atoms. The average molecular weight is 482 g/mol. The van der Waals surface area contributed by atoms with Crippen molar-refractivity contribution < 1.29 is 14.4 Å². The summed E-state index contributed by atoms with van der Waals surface area (Å²) in [4.78, 5) is 9.01. The zero-order chi connectivity index (χ0) is 25.5. The van der Waals surface area contributed by atoms with Crippen LogP contribution in [0.1, 0.15) is 12.8 Å². The molecule has 36 heavy (non-hydrogen) atoms. The molecule has 8 nitrogen and oxygen atoms in total. The minimum absolute atomic E-state index is 0.0631. The van der Waals surface area contributed by atoms with Crippen LogP contribution in [0.15, 0.2) is 60.7 Å². The Labute approximate surface area is 210 Å². The summed E-state index contributed by atoms with van der Waals surface area (Å²) in [6.07, 6.45) is 0.747. The molecule has 0 aliphatic rings. The molecule has 0 amide bonds. The maximum absolute atomic E-state index is 9.42. The normalized spacial score (nSPS) is 10.7. The van der Waals surface area contributed by atoms with Crippen molar-refractivity contribution >= 4 is 33.4 Å². The summed E-state index contributed by atoms with van der Waals surface area (Å²) in [5.41, 5.74) is 6.37.